The van der Waals surface area contributed by atoms with Gasteiger partial charge in [-0.1, -0.05) is 24.5 Å². The summed E-state index contributed by atoms with van der Waals surface area (Å²) in [6, 6.07) is 4.10. The van der Waals surface area contributed by atoms with Crippen LogP contribution in [0.3, 0.4) is 0 Å². The van der Waals surface area contributed by atoms with Gasteiger partial charge >= 0.3 is 5.82 Å². The Balaban J connectivity index is 2.18. The van der Waals surface area contributed by atoms with Crippen LogP contribution in [-0.4, -0.2) is 15.1 Å². The predicted molar refractivity (Wildman–Crippen MR) is 70.8 cm³/mol. The van der Waals surface area contributed by atoms with E-state index in [0.717, 1.165) is 12.8 Å². The highest BCUT2D eigenvalue weighted by Crippen LogP contribution is 2.30. The first-order valence-electron chi connectivity index (χ1n) is 5.70. The smallest absolute Gasteiger partial charge is 0.366 e. The number of thiophene rings is 1. The average molecular weight is 266 g/mol. The number of nitro groups is 1. The number of anilines is 1. The summed E-state index contributed by atoms with van der Waals surface area (Å²) < 4.78 is 0. The normalized spacial score (nSPS) is 12.3. The van der Waals surface area contributed by atoms with E-state index < -0.39 is 4.92 Å². The van der Waals surface area contributed by atoms with Gasteiger partial charge in [-0.3, -0.25) is 0 Å². The lowest BCUT2D eigenvalue weighted by Gasteiger charge is -2.16. The third-order valence-corrected chi connectivity index (χ3v) is 3.58. The van der Waals surface area contributed by atoms with Crippen molar-refractivity contribution >= 4 is 22.8 Å². The Morgan fingerprint density at radius 1 is 1.67 bits per heavy atom. The summed E-state index contributed by atoms with van der Waals surface area (Å²) in [5, 5.41) is 22.1. The zero-order valence-corrected chi connectivity index (χ0v) is 10.7. The molecule has 2 N–H and O–H groups in total. The van der Waals surface area contributed by atoms with Gasteiger partial charge in [-0.25, -0.2) is 0 Å². The maximum absolute atomic E-state index is 10.8. The zero-order valence-electron chi connectivity index (χ0n) is 9.92. The van der Waals surface area contributed by atoms with Crippen LogP contribution in [0.25, 0.3) is 0 Å². The van der Waals surface area contributed by atoms with E-state index in [9.17, 15) is 10.1 Å². The van der Waals surface area contributed by atoms with Crippen molar-refractivity contribution in [3.63, 3.8) is 0 Å². The molecule has 0 fully saturated rings. The molecule has 0 amide bonds. The molecule has 96 valence electrons. The minimum atomic E-state index is -0.466. The molecule has 0 saturated heterocycles. The Hall–Kier alpha value is -1.89. The molecular formula is C11H14N4O2S. The van der Waals surface area contributed by atoms with E-state index >= 15 is 0 Å². The molecule has 2 aromatic heterocycles. The van der Waals surface area contributed by atoms with Gasteiger partial charge in [-0.2, -0.15) is 0 Å². The standard InChI is InChI=1S/C11H14N4O2S/c1-2-4-8(10-5-3-6-18-10)13-9-7-12-14-11(9)15(16)17/h3,5-8,13H,2,4H2,1H3,(H,12,14). The first-order valence-corrected chi connectivity index (χ1v) is 6.58. The third-order valence-electron chi connectivity index (χ3n) is 2.60. The van der Waals surface area contributed by atoms with Crippen LogP contribution < -0.4 is 5.32 Å². The van der Waals surface area contributed by atoms with Gasteiger partial charge in [0.2, 0.25) is 0 Å². The van der Waals surface area contributed by atoms with Gasteiger partial charge in [0.25, 0.3) is 0 Å². The molecule has 0 aromatic carbocycles. The van der Waals surface area contributed by atoms with Gasteiger partial charge in [0.1, 0.15) is 6.20 Å². The van der Waals surface area contributed by atoms with Gasteiger partial charge in [0.05, 0.1) is 6.04 Å². The second-order valence-corrected chi connectivity index (χ2v) is 4.87. The summed E-state index contributed by atoms with van der Waals surface area (Å²) in [6.45, 7) is 2.09. The highest BCUT2D eigenvalue weighted by molar-refractivity contribution is 7.10. The Labute approximate surface area is 108 Å². The van der Waals surface area contributed by atoms with Gasteiger partial charge in [0.15, 0.2) is 5.69 Å². The molecule has 0 bridgehead atoms. The lowest BCUT2D eigenvalue weighted by atomic mass is 10.1. The molecule has 0 aliphatic heterocycles. The Morgan fingerprint density at radius 3 is 3.11 bits per heavy atom. The van der Waals surface area contributed by atoms with Crippen LogP contribution in [0.4, 0.5) is 11.5 Å². The van der Waals surface area contributed by atoms with Crippen molar-refractivity contribution < 1.29 is 4.92 Å². The van der Waals surface area contributed by atoms with E-state index in [1.54, 1.807) is 11.3 Å². The van der Waals surface area contributed by atoms with Crippen LogP contribution in [0, 0.1) is 10.1 Å². The fourth-order valence-electron chi connectivity index (χ4n) is 1.78. The van der Waals surface area contributed by atoms with E-state index in [0.29, 0.717) is 5.69 Å². The molecule has 0 aliphatic carbocycles. The number of hydrogen-bond acceptors (Lipinski definition) is 5. The maximum atomic E-state index is 10.8. The highest BCUT2D eigenvalue weighted by atomic mass is 32.1. The minimum absolute atomic E-state index is 0.0892. The average Bonchev–Trinajstić information content (AvgIpc) is 2.99. The fraction of sp³-hybridized carbons (Fsp3) is 0.364. The number of aromatic amines is 1. The van der Waals surface area contributed by atoms with E-state index in [4.69, 9.17) is 0 Å². The summed E-state index contributed by atoms with van der Waals surface area (Å²) in [6.07, 6.45) is 3.37. The van der Waals surface area contributed by atoms with Gasteiger partial charge < -0.3 is 15.4 Å². The number of H-pyrrole nitrogens is 1. The fourth-order valence-corrected chi connectivity index (χ4v) is 2.59. The molecule has 0 radical (unpaired) electrons. The van der Waals surface area contributed by atoms with Gasteiger partial charge in [-0.05, 0) is 22.8 Å². The molecule has 18 heavy (non-hydrogen) atoms. The van der Waals surface area contributed by atoms with Crippen molar-refractivity contribution in [1.82, 2.24) is 10.2 Å². The SMILES string of the molecule is CCCC(Nc1cn[nH]c1[N+](=O)[O-])c1cccs1. The van der Waals surface area contributed by atoms with Crippen LogP contribution in [0.1, 0.15) is 30.7 Å². The van der Waals surface area contributed by atoms with Crippen molar-refractivity contribution in [1.29, 1.82) is 0 Å². The summed E-state index contributed by atoms with van der Waals surface area (Å²) in [5.74, 6) is -0.0901. The maximum Gasteiger partial charge on any atom is 0.366 e. The third kappa shape index (κ3) is 2.67. The zero-order chi connectivity index (χ0) is 13.0. The van der Waals surface area contributed by atoms with E-state index in [2.05, 4.69) is 22.4 Å². The van der Waals surface area contributed by atoms with Gasteiger partial charge in [0, 0.05) is 4.88 Å². The van der Waals surface area contributed by atoms with Crippen molar-refractivity contribution in [3.05, 3.63) is 38.7 Å². The lowest BCUT2D eigenvalue weighted by molar-refractivity contribution is -0.388. The Morgan fingerprint density at radius 2 is 2.50 bits per heavy atom. The first-order chi connectivity index (χ1) is 8.72. The molecular weight excluding hydrogens is 252 g/mol. The Kier molecular flexibility index (Phi) is 3.93. The largest absolute Gasteiger partial charge is 0.369 e. The number of nitrogens with zero attached hydrogens (tertiary/aromatic N) is 2. The lowest BCUT2D eigenvalue weighted by Crippen LogP contribution is -2.09. The molecule has 1 atom stereocenters. The number of nitrogens with one attached hydrogen (secondary N) is 2. The van der Waals surface area contributed by atoms with Crippen LogP contribution in [0.2, 0.25) is 0 Å². The second-order valence-electron chi connectivity index (χ2n) is 3.89. The van der Waals surface area contributed by atoms with Crippen LogP contribution in [-0.2, 0) is 0 Å². The van der Waals surface area contributed by atoms with Crippen LogP contribution in [0.5, 0.6) is 0 Å². The highest BCUT2D eigenvalue weighted by Gasteiger charge is 2.19. The molecule has 2 rings (SSSR count). The summed E-state index contributed by atoms with van der Waals surface area (Å²) >= 11 is 1.64. The number of rotatable bonds is 6. The second kappa shape index (κ2) is 5.63. The molecule has 6 nitrogen and oxygen atoms in total. The van der Waals surface area contributed by atoms with Crippen molar-refractivity contribution in [2.75, 3.05) is 5.32 Å². The molecule has 0 saturated carbocycles. The van der Waals surface area contributed by atoms with Gasteiger partial charge in [-0.15, -0.1) is 16.4 Å². The summed E-state index contributed by atoms with van der Waals surface area (Å²) in [7, 11) is 0. The molecule has 1 unspecified atom stereocenters. The topological polar surface area (TPSA) is 83.8 Å². The van der Waals surface area contributed by atoms with E-state index in [-0.39, 0.29) is 11.9 Å². The number of aromatic nitrogens is 2. The van der Waals surface area contributed by atoms with Crippen LogP contribution in [0.15, 0.2) is 23.7 Å². The monoisotopic (exact) mass is 266 g/mol. The summed E-state index contributed by atoms with van der Waals surface area (Å²) in [4.78, 5) is 11.5. The first kappa shape index (κ1) is 12.6. The van der Waals surface area contributed by atoms with E-state index in [1.807, 2.05) is 17.5 Å². The molecule has 7 heteroatoms. The van der Waals surface area contributed by atoms with Crippen LogP contribution >= 0.6 is 11.3 Å². The molecule has 2 aromatic rings. The van der Waals surface area contributed by atoms with Crippen molar-refractivity contribution in [3.8, 4) is 0 Å². The van der Waals surface area contributed by atoms with E-state index in [1.165, 1.54) is 11.1 Å². The van der Waals surface area contributed by atoms with Crippen molar-refractivity contribution in [2.24, 2.45) is 0 Å². The minimum Gasteiger partial charge on any atom is -0.369 e. The predicted octanol–water partition coefficient (Wildman–Crippen LogP) is 3.33. The van der Waals surface area contributed by atoms with Crippen molar-refractivity contribution in [2.45, 2.75) is 25.8 Å². The molecule has 0 spiro atoms. The molecule has 0 aliphatic rings. The number of hydrogen-bond donors (Lipinski definition) is 2. The summed E-state index contributed by atoms with van der Waals surface area (Å²) in [5.41, 5.74) is 0.437. The quantitative estimate of drug-likeness (QED) is 0.620. The molecule has 2 heterocycles. The Bertz CT molecular complexity index is 509.